The van der Waals surface area contributed by atoms with E-state index in [4.69, 9.17) is 11.6 Å². The summed E-state index contributed by atoms with van der Waals surface area (Å²) < 4.78 is 0. The standard InChI is InChI=1S/C22H25ClN2O2/c1-15-5-2-3-6-18(15)14-24-21(26)16-9-11-17(12-10-16)22(27)25-20-8-4-7-19(23)13-20/h2-8,13,16-17H,9-12,14H2,1H3,(H,24,26)(H,25,27). The van der Waals surface area contributed by atoms with Gasteiger partial charge < -0.3 is 10.6 Å². The molecule has 0 spiro atoms. The molecule has 1 aliphatic carbocycles. The summed E-state index contributed by atoms with van der Waals surface area (Å²) in [5.41, 5.74) is 3.03. The van der Waals surface area contributed by atoms with Crippen LogP contribution in [0, 0.1) is 18.8 Å². The molecule has 3 rings (SSSR count). The van der Waals surface area contributed by atoms with Gasteiger partial charge in [-0.15, -0.1) is 0 Å². The van der Waals surface area contributed by atoms with Crippen LogP contribution >= 0.6 is 11.6 Å². The molecule has 0 radical (unpaired) electrons. The zero-order valence-corrected chi connectivity index (χ0v) is 16.3. The van der Waals surface area contributed by atoms with E-state index in [1.54, 1.807) is 12.1 Å². The number of hydrogen-bond donors (Lipinski definition) is 2. The van der Waals surface area contributed by atoms with E-state index in [1.165, 1.54) is 5.56 Å². The van der Waals surface area contributed by atoms with Gasteiger partial charge in [-0.05, 0) is 61.9 Å². The summed E-state index contributed by atoms with van der Waals surface area (Å²) in [4.78, 5) is 24.9. The van der Waals surface area contributed by atoms with Gasteiger partial charge in [-0.3, -0.25) is 9.59 Å². The minimum absolute atomic E-state index is 0.00996. The lowest BCUT2D eigenvalue weighted by molar-refractivity contribution is -0.128. The van der Waals surface area contributed by atoms with Gasteiger partial charge in [0.1, 0.15) is 0 Å². The van der Waals surface area contributed by atoms with Crippen LogP contribution in [0.15, 0.2) is 48.5 Å². The maximum absolute atomic E-state index is 12.5. The van der Waals surface area contributed by atoms with Crippen molar-refractivity contribution in [1.29, 1.82) is 0 Å². The second kappa shape index (κ2) is 9.05. The fourth-order valence-electron chi connectivity index (χ4n) is 3.56. The molecule has 2 amide bonds. The van der Waals surface area contributed by atoms with Crippen LogP contribution in [0.25, 0.3) is 0 Å². The van der Waals surface area contributed by atoms with Crippen LogP contribution in [0.5, 0.6) is 0 Å². The Labute approximate surface area is 165 Å². The number of nitrogens with one attached hydrogen (secondary N) is 2. The Kier molecular flexibility index (Phi) is 6.51. The summed E-state index contributed by atoms with van der Waals surface area (Å²) >= 11 is 5.96. The lowest BCUT2D eigenvalue weighted by Gasteiger charge is -2.27. The Morgan fingerprint density at radius 1 is 0.963 bits per heavy atom. The normalized spacial score (nSPS) is 19.3. The second-order valence-corrected chi connectivity index (χ2v) is 7.63. The lowest BCUT2D eigenvalue weighted by Crippen LogP contribution is -2.35. The fourth-order valence-corrected chi connectivity index (χ4v) is 3.75. The molecule has 27 heavy (non-hydrogen) atoms. The minimum Gasteiger partial charge on any atom is -0.352 e. The third kappa shape index (κ3) is 5.33. The van der Waals surface area contributed by atoms with Gasteiger partial charge in [-0.25, -0.2) is 0 Å². The molecule has 5 heteroatoms. The van der Waals surface area contributed by atoms with Crippen LogP contribution in [0.4, 0.5) is 5.69 Å². The number of amides is 2. The molecule has 0 aliphatic heterocycles. The highest BCUT2D eigenvalue weighted by atomic mass is 35.5. The minimum atomic E-state index is -0.0515. The molecule has 1 fully saturated rings. The van der Waals surface area contributed by atoms with Crippen LogP contribution in [0.1, 0.15) is 36.8 Å². The first kappa shape index (κ1) is 19.4. The van der Waals surface area contributed by atoms with E-state index in [0.717, 1.165) is 31.2 Å². The maximum atomic E-state index is 12.5. The van der Waals surface area contributed by atoms with Gasteiger partial charge in [-0.1, -0.05) is 41.9 Å². The Bertz CT molecular complexity index is 813. The average Bonchev–Trinajstić information content (AvgIpc) is 2.67. The van der Waals surface area contributed by atoms with E-state index in [1.807, 2.05) is 43.3 Å². The van der Waals surface area contributed by atoms with Crippen LogP contribution in [-0.2, 0) is 16.1 Å². The molecule has 0 aromatic heterocycles. The third-order valence-electron chi connectivity index (χ3n) is 5.28. The molecule has 2 aromatic rings. The van der Waals surface area contributed by atoms with Crippen molar-refractivity contribution in [2.75, 3.05) is 5.32 Å². The highest BCUT2D eigenvalue weighted by Gasteiger charge is 2.29. The molecular weight excluding hydrogens is 360 g/mol. The van der Waals surface area contributed by atoms with Gasteiger partial charge >= 0.3 is 0 Å². The van der Waals surface area contributed by atoms with E-state index in [2.05, 4.69) is 10.6 Å². The van der Waals surface area contributed by atoms with Crippen molar-refractivity contribution in [3.05, 3.63) is 64.7 Å². The molecule has 0 unspecified atom stereocenters. The molecule has 0 bridgehead atoms. The smallest absolute Gasteiger partial charge is 0.227 e. The molecular formula is C22H25ClN2O2. The summed E-state index contributed by atoms with van der Waals surface area (Å²) in [5.74, 6) is 0.0385. The quantitative estimate of drug-likeness (QED) is 0.784. The molecule has 0 atom stereocenters. The number of halogens is 1. The average molecular weight is 385 g/mol. The second-order valence-electron chi connectivity index (χ2n) is 7.19. The fraction of sp³-hybridized carbons (Fsp3) is 0.364. The maximum Gasteiger partial charge on any atom is 0.227 e. The van der Waals surface area contributed by atoms with Gasteiger partial charge in [-0.2, -0.15) is 0 Å². The first-order chi connectivity index (χ1) is 13.0. The van der Waals surface area contributed by atoms with Crippen LogP contribution in [0.3, 0.4) is 0 Å². The Morgan fingerprint density at radius 3 is 2.30 bits per heavy atom. The van der Waals surface area contributed by atoms with Gasteiger partial charge in [0.15, 0.2) is 0 Å². The summed E-state index contributed by atoms with van der Waals surface area (Å²) in [7, 11) is 0. The Balaban J connectivity index is 1.46. The van der Waals surface area contributed by atoms with Crippen LogP contribution in [-0.4, -0.2) is 11.8 Å². The summed E-state index contributed by atoms with van der Waals surface area (Å²) in [6.45, 7) is 2.60. The number of rotatable bonds is 5. The number of hydrogen-bond acceptors (Lipinski definition) is 2. The van der Waals surface area contributed by atoms with E-state index in [0.29, 0.717) is 17.3 Å². The number of anilines is 1. The van der Waals surface area contributed by atoms with E-state index >= 15 is 0 Å². The SMILES string of the molecule is Cc1ccccc1CNC(=O)C1CCC(C(=O)Nc2cccc(Cl)c2)CC1. The summed E-state index contributed by atoms with van der Waals surface area (Å²) in [6, 6.07) is 15.2. The molecule has 2 aromatic carbocycles. The third-order valence-corrected chi connectivity index (χ3v) is 5.51. The van der Waals surface area contributed by atoms with Crippen molar-refractivity contribution < 1.29 is 9.59 Å². The van der Waals surface area contributed by atoms with Crippen molar-refractivity contribution >= 4 is 29.1 Å². The summed E-state index contributed by atoms with van der Waals surface area (Å²) in [5, 5.41) is 6.57. The van der Waals surface area contributed by atoms with Crippen molar-refractivity contribution in [2.24, 2.45) is 11.8 Å². The molecule has 142 valence electrons. The summed E-state index contributed by atoms with van der Waals surface area (Å²) in [6.07, 6.45) is 2.95. The molecule has 4 nitrogen and oxygen atoms in total. The van der Waals surface area contributed by atoms with Crippen molar-refractivity contribution in [1.82, 2.24) is 5.32 Å². The molecule has 0 saturated heterocycles. The highest BCUT2D eigenvalue weighted by molar-refractivity contribution is 6.30. The molecule has 0 heterocycles. The zero-order valence-electron chi connectivity index (χ0n) is 15.5. The van der Waals surface area contributed by atoms with E-state index in [9.17, 15) is 9.59 Å². The first-order valence-corrected chi connectivity index (χ1v) is 9.79. The van der Waals surface area contributed by atoms with Gasteiger partial charge in [0, 0.05) is 29.1 Å². The topological polar surface area (TPSA) is 58.2 Å². The number of carbonyl (C=O) groups excluding carboxylic acids is 2. The predicted octanol–water partition coefficient (Wildman–Crippen LogP) is 4.71. The van der Waals surface area contributed by atoms with E-state index < -0.39 is 0 Å². The van der Waals surface area contributed by atoms with Crippen molar-refractivity contribution in [2.45, 2.75) is 39.2 Å². The first-order valence-electron chi connectivity index (χ1n) is 9.41. The van der Waals surface area contributed by atoms with Gasteiger partial charge in [0.2, 0.25) is 11.8 Å². The van der Waals surface area contributed by atoms with Gasteiger partial charge in [0.25, 0.3) is 0 Å². The lowest BCUT2D eigenvalue weighted by atomic mass is 9.81. The monoisotopic (exact) mass is 384 g/mol. The number of benzene rings is 2. The molecule has 2 N–H and O–H groups in total. The van der Waals surface area contributed by atoms with Gasteiger partial charge in [0.05, 0.1) is 0 Å². The number of carbonyl (C=O) groups is 2. The van der Waals surface area contributed by atoms with Crippen LogP contribution < -0.4 is 10.6 Å². The van der Waals surface area contributed by atoms with Crippen LogP contribution in [0.2, 0.25) is 5.02 Å². The van der Waals surface area contributed by atoms with Crippen molar-refractivity contribution in [3.8, 4) is 0 Å². The Morgan fingerprint density at radius 2 is 1.63 bits per heavy atom. The number of aryl methyl sites for hydroxylation is 1. The molecule has 1 saturated carbocycles. The Hall–Kier alpha value is -2.33. The van der Waals surface area contributed by atoms with Crippen molar-refractivity contribution in [3.63, 3.8) is 0 Å². The highest BCUT2D eigenvalue weighted by Crippen LogP contribution is 2.30. The van der Waals surface area contributed by atoms with E-state index in [-0.39, 0.29) is 23.7 Å². The largest absolute Gasteiger partial charge is 0.352 e. The zero-order chi connectivity index (χ0) is 19.2. The predicted molar refractivity (Wildman–Crippen MR) is 109 cm³/mol. The molecule has 1 aliphatic rings.